The number of nitrogens with one attached hydrogen (secondary N) is 1. The summed E-state index contributed by atoms with van der Waals surface area (Å²) in [5.41, 5.74) is 2.53. The van der Waals surface area contributed by atoms with Gasteiger partial charge in [0.25, 0.3) is 0 Å². The van der Waals surface area contributed by atoms with Gasteiger partial charge in [-0.1, -0.05) is 0 Å². The lowest BCUT2D eigenvalue weighted by molar-refractivity contribution is -0.00572. The maximum absolute atomic E-state index is 5.75. The topological polar surface area (TPSA) is 92.4 Å². The second-order valence-corrected chi connectivity index (χ2v) is 5.24. The molecule has 118 valence electrons. The molecule has 3 N–H and O–H groups in total. The van der Waals surface area contributed by atoms with E-state index >= 15 is 0 Å². The van der Waals surface area contributed by atoms with Crippen molar-refractivity contribution in [2.45, 2.75) is 39.9 Å². The molecule has 0 bridgehead atoms. The molecule has 1 fully saturated rings. The molecule has 0 spiro atoms. The van der Waals surface area contributed by atoms with E-state index in [0.29, 0.717) is 17.8 Å². The molecule has 0 saturated carbocycles. The first-order valence-electron chi connectivity index (χ1n) is 7.45. The quantitative estimate of drug-likeness (QED) is 0.603. The first-order chi connectivity index (χ1) is 10.1. The summed E-state index contributed by atoms with van der Waals surface area (Å²) in [5.74, 6) is 7.16. The molecule has 8 nitrogen and oxygen atoms in total. The summed E-state index contributed by atoms with van der Waals surface area (Å²) < 4.78 is 5.75. The number of hydrazine groups is 1. The molecule has 1 saturated heterocycles. The van der Waals surface area contributed by atoms with Crippen molar-refractivity contribution < 1.29 is 4.74 Å². The summed E-state index contributed by atoms with van der Waals surface area (Å²) in [6.07, 6.45) is 0.299. The van der Waals surface area contributed by atoms with Gasteiger partial charge < -0.3 is 14.5 Å². The molecule has 1 aromatic heterocycles. The molecule has 8 heteroatoms. The Labute approximate surface area is 125 Å². The predicted octanol–water partition coefficient (Wildman–Crippen LogP) is 0.617. The minimum absolute atomic E-state index is 0.150. The molecule has 1 aliphatic heterocycles. The summed E-state index contributed by atoms with van der Waals surface area (Å²) in [6.45, 7) is 11.4. The van der Waals surface area contributed by atoms with Gasteiger partial charge in [-0.05, 0) is 27.7 Å². The standard InChI is InChI=1S/C13H25N7O/c1-5-19(6-2)12-15-11(18-14)16-13(17-12)20-7-9(3)21-10(4)8-20/h9-10H,5-8,14H2,1-4H3,(H,15,16,17,18). The van der Waals surface area contributed by atoms with Crippen LogP contribution in [0.5, 0.6) is 0 Å². The van der Waals surface area contributed by atoms with E-state index in [9.17, 15) is 0 Å². The molecular weight excluding hydrogens is 270 g/mol. The lowest BCUT2D eigenvalue weighted by Crippen LogP contribution is -2.46. The number of aromatic nitrogens is 3. The number of anilines is 3. The Kier molecular flexibility index (Phi) is 5.13. The first kappa shape index (κ1) is 15.7. The molecule has 1 aromatic rings. The van der Waals surface area contributed by atoms with Crippen molar-refractivity contribution in [2.75, 3.05) is 41.4 Å². The minimum atomic E-state index is 0.150. The SMILES string of the molecule is CCN(CC)c1nc(NN)nc(N2CC(C)OC(C)C2)n1. The van der Waals surface area contributed by atoms with Gasteiger partial charge in [0.2, 0.25) is 17.8 Å². The molecule has 0 radical (unpaired) electrons. The van der Waals surface area contributed by atoms with Crippen LogP contribution in [0.15, 0.2) is 0 Å². The third-order valence-electron chi connectivity index (χ3n) is 3.49. The van der Waals surface area contributed by atoms with Crippen molar-refractivity contribution in [3.8, 4) is 0 Å². The third-order valence-corrected chi connectivity index (χ3v) is 3.49. The van der Waals surface area contributed by atoms with Gasteiger partial charge in [-0.2, -0.15) is 15.0 Å². The number of hydrogen-bond acceptors (Lipinski definition) is 8. The molecule has 2 heterocycles. The Bertz CT molecular complexity index is 456. The van der Waals surface area contributed by atoms with Gasteiger partial charge in [0, 0.05) is 26.2 Å². The van der Waals surface area contributed by atoms with Crippen LogP contribution in [0.4, 0.5) is 17.8 Å². The second kappa shape index (κ2) is 6.86. The van der Waals surface area contributed by atoms with Gasteiger partial charge in [0.15, 0.2) is 0 Å². The smallest absolute Gasteiger partial charge is 0.243 e. The van der Waals surface area contributed by atoms with Crippen molar-refractivity contribution in [3.63, 3.8) is 0 Å². The van der Waals surface area contributed by atoms with E-state index in [4.69, 9.17) is 10.6 Å². The zero-order valence-electron chi connectivity index (χ0n) is 13.2. The first-order valence-corrected chi connectivity index (χ1v) is 7.45. The molecule has 2 rings (SSSR count). The Balaban J connectivity index is 2.31. The average Bonchev–Trinajstić information content (AvgIpc) is 2.47. The fourth-order valence-corrected chi connectivity index (χ4v) is 2.55. The van der Waals surface area contributed by atoms with Gasteiger partial charge in [0.05, 0.1) is 12.2 Å². The van der Waals surface area contributed by atoms with Crippen LogP contribution in [-0.4, -0.2) is 53.3 Å². The second-order valence-electron chi connectivity index (χ2n) is 5.24. The van der Waals surface area contributed by atoms with Gasteiger partial charge >= 0.3 is 0 Å². The zero-order chi connectivity index (χ0) is 15.4. The number of hydrogen-bond donors (Lipinski definition) is 2. The minimum Gasteiger partial charge on any atom is -0.372 e. The number of nitrogens with zero attached hydrogens (tertiary/aromatic N) is 5. The summed E-state index contributed by atoms with van der Waals surface area (Å²) in [5, 5.41) is 0. The van der Waals surface area contributed by atoms with Crippen molar-refractivity contribution in [3.05, 3.63) is 0 Å². The fraction of sp³-hybridized carbons (Fsp3) is 0.769. The monoisotopic (exact) mass is 295 g/mol. The van der Waals surface area contributed by atoms with E-state index < -0.39 is 0 Å². The predicted molar refractivity (Wildman–Crippen MR) is 83.4 cm³/mol. The maximum Gasteiger partial charge on any atom is 0.243 e. The van der Waals surface area contributed by atoms with Crippen LogP contribution in [0, 0.1) is 0 Å². The molecular formula is C13H25N7O. The number of nitrogen functional groups attached to an aromatic ring is 1. The van der Waals surface area contributed by atoms with Crippen LogP contribution >= 0.6 is 0 Å². The van der Waals surface area contributed by atoms with Crippen molar-refractivity contribution in [2.24, 2.45) is 5.84 Å². The van der Waals surface area contributed by atoms with Crippen molar-refractivity contribution >= 4 is 17.8 Å². The third kappa shape index (κ3) is 3.70. The largest absolute Gasteiger partial charge is 0.372 e. The van der Waals surface area contributed by atoms with E-state index in [1.54, 1.807) is 0 Å². The van der Waals surface area contributed by atoms with Gasteiger partial charge in [-0.3, -0.25) is 5.43 Å². The highest BCUT2D eigenvalue weighted by molar-refractivity contribution is 5.45. The summed E-state index contributed by atoms with van der Waals surface area (Å²) in [4.78, 5) is 17.5. The lowest BCUT2D eigenvalue weighted by atomic mass is 10.2. The van der Waals surface area contributed by atoms with Crippen LogP contribution in [-0.2, 0) is 4.74 Å². The molecule has 0 aromatic carbocycles. The average molecular weight is 295 g/mol. The molecule has 2 atom stereocenters. The Morgan fingerprint density at radius 1 is 1.19 bits per heavy atom. The van der Waals surface area contributed by atoms with Crippen LogP contribution in [0.2, 0.25) is 0 Å². The van der Waals surface area contributed by atoms with Crippen LogP contribution in [0.1, 0.15) is 27.7 Å². The highest BCUT2D eigenvalue weighted by Gasteiger charge is 2.25. The van der Waals surface area contributed by atoms with E-state index in [2.05, 4.69) is 57.9 Å². The number of morpholine rings is 1. The molecule has 0 amide bonds. The zero-order valence-corrected chi connectivity index (χ0v) is 13.2. The van der Waals surface area contributed by atoms with E-state index in [1.807, 2.05) is 0 Å². The van der Waals surface area contributed by atoms with Crippen LogP contribution in [0.25, 0.3) is 0 Å². The van der Waals surface area contributed by atoms with E-state index in [0.717, 1.165) is 26.2 Å². The van der Waals surface area contributed by atoms with E-state index in [-0.39, 0.29) is 12.2 Å². The van der Waals surface area contributed by atoms with E-state index in [1.165, 1.54) is 0 Å². The summed E-state index contributed by atoms with van der Waals surface area (Å²) in [7, 11) is 0. The number of ether oxygens (including phenoxy) is 1. The lowest BCUT2D eigenvalue weighted by Gasteiger charge is -2.35. The Hall–Kier alpha value is -1.67. The molecule has 0 aliphatic carbocycles. The Morgan fingerprint density at radius 3 is 2.33 bits per heavy atom. The fourth-order valence-electron chi connectivity index (χ4n) is 2.55. The van der Waals surface area contributed by atoms with Crippen LogP contribution < -0.4 is 21.1 Å². The highest BCUT2D eigenvalue weighted by Crippen LogP contribution is 2.20. The molecule has 21 heavy (non-hydrogen) atoms. The number of nitrogens with two attached hydrogens (primary N) is 1. The maximum atomic E-state index is 5.75. The highest BCUT2D eigenvalue weighted by atomic mass is 16.5. The van der Waals surface area contributed by atoms with Gasteiger partial charge in [0.1, 0.15) is 0 Å². The molecule has 2 unspecified atom stereocenters. The van der Waals surface area contributed by atoms with Crippen LogP contribution in [0.3, 0.4) is 0 Å². The summed E-state index contributed by atoms with van der Waals surface area (Å²) >= 11 is 0. The van der Waals surface area contributed by atoms with Crippen molar-refractivity contribution in [1.29, 1.82) is 0 Å². The molecule has 1 aliphatic rings. The summed E-state index contributed by atoms with van der Waals surface area (Å²) in [6, 6.07) is 0. The normalized spacial score (nSPS) is 22.2. The van der Waals surface area contributed by atoms with Crippen molar-refractivity contribution in [1.82, 2.24) is 15.0 Å². The number of rotatable bonds is 5. The Morgan fingerprint density at radius 2 is 1.81 bits per heavy atom. The van der Waals surface area contributed by atoms with Gasteiger partial charge in [-0.25, -0.2) is 5.84 Å². The van der Waals surface area contributed by atoms with Gasteiger partial charge in [-0.15, -0.1) is 0 Å².